The second-order valence-corrected chi connectivity index (χ2v) is 8.07. The predicted octanol–water partition coefficient (Wildman–Crippen LogP) is 4.76. The maximum absolute atomic E-state index is 13.2. The minimum Gasteiger partial charge on any atom is -0.385 e. The highest BCUT2D eigenvalue weighted by atomic mass is 35.5. The van der Waals surface area contributed by atoms with E-state index in [1.807, 2.05) is 24.3 Å². The minimum atomic E-state index is -1.12. The Morgan fingerprint density at radius 1 is 0.933 bits per heavy atom. The molecule has 0 aliphatic carbocycles. The van der Waals surface area contributed by atoms with Crippen molar-refractivity contribution in [2.75, 3.05) is 7.05 Å². The van der Waals surface area contributed by atoms with Crippen molar-refractivity contribution in [2.24, 2.45) is 0 Å². The number of aliphatic hydroxyl groups is 1. The van der Waals surface area contributed by atoms with Gasteiger partial charge in [0.1, 0.15) is 12.2 Å². The van der Waals surface area contributed by atoms with Gasteiger partial charge in [0.2, 0.25) is 0 Å². The molecule has 1 N–H and O–H groups in total. The summed E-state index contributed by atoms with van der Waals surface area (Å²) in [5.74, 6) is -0.301. The molecule has 30 heavy (non-hydrogen) atoms. The molecule has 1 amide bonds. The Morgan fingerprint density at radius 3 is 2.03 bits per heavy atom. The second kappa shape index (κ2) is 8.74. The van der Waals surface area contributed by atoms with E-state index in [1.54, 1.807) is 60.7 Å². The van der Waals surface area contributed by atoms with Gasteiger partial charge in [-0.25, -0.2) is 0 Å². The van der Waals surface area contributed by atoms with Crippen LogP contribution in [-0.2, 0) is 9.53 Å². The van der Waals surface area contributed by atoms with Crippen LogP contribution < -0.4 is 0 Å². The van der Waals surface area contributed by atoms with Crippen LogP contribution in [0.15, 0.2) is 73.1 Å². The molecule has 0 bridgehead atoms. The topological polar surface area (TPSA) is 62.7 Å². The summed E-state index contributed by atoms with van der Waals surface area (Å²) >= 11 is 12.1. The summed E-state index contributed by atoms with van der Waals surface area (Å²) in [4.78, 5) is 18.8. The number of carbonyl (C=O) groups excluding carboxylic acids is 1. The summed E-state index contributed by atoms with van der Waals surface area (Å²) in [6.45, 7) is 0. The first-order valence-electron chi connectivity index (χ1n) is 9.47. The molecular weight excluding hydrogens is 423 g/mol. The van der Waals surface area contributed by atoms with E-state index in [1.165, 1.54) is 0 Å². The maximum atomic E-state index is 13.2. The molecule has 1 fully saturated rings. The number of aromatic nitrogens is 1. The summed E-state index contributed by atoms with van der Waals surface area (Å²) in [6, 6.07) is 17.6. The smallest absolute Gasteiger partial charge is 0.255 e. The van der Waals surface area contributed by atoms with Crippen LogP contribution in [0.4, 0.5) is 0 Å². The molecule has 4 atom stereocenters. The number of morpholine rings is 1. The molecule has 1 unspecified atom stereocenters. The van der Waals surface area contributed by atoms with Gasteiger partial charge in [-0.3, -0.25) is 9.78 Å². The second-order valence-electron chi connectivity index (χ2n) is 7.20. The first-order valence-corrected chi connectivity index (χ1v) is 10.2. The monoisotopic (exact) mass is 442 g/mol. The summed E-state index contributed by atoms with van der Waals surface area (Å²) in [6.07, 6.45) is 0.462. The lowest BCUT2D eigenvalue weighted by atomic mass is 9.90. The molecule has 0 saturated carbocycles. The average molecular weight is 443 g/mol. The van der Waals surface area contributed by atoms with Gasteiger partial charge in [0, 0.05) is 29.5 Å². The van der Waals surface area contributed by atoms with Crippen molar-refractivity contribution >= 4 is 29.1 Å². The van der Waals surface area contributed by atoms with Gasteiger partial charge in [0.25, 0.3) is 5.91 Å². The Balaban J connectivity index is 1.74. The molecular formula is C23H20Cl2N2O3. The summed E-state index contributed by atoms with van der Waals surface area (Å²) < 4.78 is 6.27. The molecule has 154 valence electrons. The van der Waals surface area contributed by atoms with Crippen molar-refractivity contribution in [1.82, 2.24) is 9.88 Å². The molecule has 2 heterocycles. The first kappa shape index (κ1) is 20.8. The lowest BCUT2D eigenvalue weighted by Gasteiger charge is -2.44. The standard InChI is InChI=1S/C23H20Cl2N2O3/c1-27-19(14-2-6-17(24)7-3-14)21(16-4-8-18(25)9-5-16)30-22(23(27)29)20(28)15-10-12-26-13-11-15/h2-13,19-22,28H,1H3/t19-,20?,21+,22+/m1/s1. The van der Waals surface area contributed by atoms with Gasteiger partial charge in [0.05, 0.1) is 6.04 Å². The molecule has 5 nitrogen and oxygen atoms in total. The molecule has 3 aromatic rings. The zero-order chi connectivity index (χ0) is 21.3. The quantitative estimate of drug-likeness (QED) is 0.632. The van der Waals surface area contributed by atoms with E-state index in [9.17, 15) is 9.90 Å². The number of rotatable bonds is 4. The Morgan fingerprint density at radius 2 is 1.47 bits per heavy atom. The molecule has 0 spiro atoms. The van der Waals surface area contributed by atoms with Gasteiger partial charge >= 0.3 is 0 Å². The summed E-state index contributed by atoms with van der Waals surface area (Å²) in [7, 11) is 1.72. The van der Waals surface area contributed by atoms with Gasteiger partial charge in [-0.1, -0.05) is 47.5 Å². The van der Waals surface area contributed by atoms with Crippen molar-refractivity contribution in [2.45, 2.75) is 24.4 Å². The van der Waals surface area contributed by atoms with E-state index in [-0.39, 0.29) is 5.91 Å². The van der Waals surface area contributed by atoms with Crippen LogP contribution in [0.5, 0.6) is 0 Å². The van der Waals surface area contributed by atoms with Crippen molar-refractivity contribution in [3.8, 4) is 0 Å². The number of hydrogen-bond donors (Lipinski definition) is 1. The fraction of sp³-hybridized carbons (Fsp3) is 0.217. The molecule has 7 heteroatoms. The molecule has 1 aliphatic heterocycles. The Labute approximate surface area is 184 Å². The number of ether oxygens (including phenoxy) is 1. The fourth-order valence-corrected chi connectivity index (χ4v) is 4.00. The number of benzene rings is 2. The number of likely N-dealkylation sites (N-methyl/N-ethyl adjacent to an activating group) is 1. The molecule has 1 aromatic heterocycles. The van der Waals surface area contributed by atoms with Crippen LogP contribution in [0.3, 0.4) is 0 Å². The largest absolute Gasteiger partial charge is 0.385 e. The SMILES string of the molecule is CN1C(=O)[C@H](C(O)c2ccncc2)O[C@@H](c2ccc(Cl)cc2)[C@H]1c1ccc(Cl)cc1. The normalized spacial score (nSPS) is 22.7. The summed E-state index contributed by atoms with van der Waals surface area (Å²) in [5.41, 5.74) is 2.30. The van der Waals surface area contributed by atoms with Gasteiger partial charge in [-0.05, 0) is 53.1 Å². The zero-order valence-electron chi connectivity index (χ0n) is 16.2. The average Bonchev–Trinajstić information content (AvgIpc) is 2.77. The van der Waals surface area contributed by atoms with Crippen molar-refractivity contribution < 1.29 is 14.6 Å². The lowest BCUT2D eigenvalue weighted by molar-refractivity contribution is -0.185. The summed E-state index contributed by atoms with van der Waals surface area (Å²) in [5, 5.41) is 12.1. The number of amides is 1. The third kappa shape index (κ3) is 4.07. The Kier molecular flexibility index (Phi) is 6.06. The van der Waals surface area contributed by atoms with Crippen molar-refractivity contribution in [3.05, 3.63) is 99.8 Å². The van der Waals surface area contributed by atoms with Gasteiger partial charge in [-0.15, -0.1) is 0 Å². The number of hydrogen-bond acceptors (Lipinski definition) is 4. The van der Waals surface area contributed by atoms with Crippen molar-refractivity contribution in [1.29, 1.82) is 0 Å². The highest BCUT2D eigenvalue weighted by Gasteiger charge is 2.45. The number of halogens is 2. The van der Waals surface area contributed by atoms with Gasteiger partial charge in [-0.2, -0.15) is 0 Å². The molecule has 1 aliphatic rings. The first-order chi connectivity index (χ1) is 14.5. The number of pyridine rings is 1. The van der Waals surface area contributed by atoms with Gasteiger partial charge < -0.3 is 14.7 Å². The maximum Gasteiger partial charge on any atom is 0.255 e. The Bertz CT molecular complexity index is 1010. The lowest BCUT2D eigenvalue weighted by Crippen LogP contribution is -2.51. The van der Waals surface area contributed by atoms with Crippen LogP contribution in [0.25, 0.3) is 0 Å². The van der Waals surface area contributed by atoms with E-state index >= 15 is 0 Å². The molecule has 1 saturated heterocycles. The van der Waals surface area contributed by atoms with E-state index in [4.69, 9.17) is 27.9 Å². The van der Waals surface area contributed by atoms with Crippen LogP contribution in [0, 0.1) is 0 Å². The fourth-order valence-electron chi connectivity index (χ4n) is 3.75. The highest BCUT2D eigenvalue weighted by molar-refractivity contribution is 6.30. The Hall–Kier alpha value is -2.44. The van der Waals surface area contributed by atoms with E-state index in [0.29, 0.717) is 15.6 Å². The van der Waals surface area contributed by atoms with Crippen LogP contribution in [0.2, 0.25) is 10.0 Å². The van der Waals surface area contributed by atoms with Crippen LogP contribution in [-0.4, -0.2) is 34.0 Å². The minimum absolute atomic E-state index is 0.301. The zero-order valence-corrected chi connectivity index (χ0v) is 17.7. The number of carbonyl (C=O) groups is 1. The molecule has 4 rings (SSSR count). The number of aliphatic hydroxyl groups excluding tert-OH is 1. The molecule has 2 aromatic carbocycles. The van der Waals surface area contributed by atoms with E-state index in [2.05, 4.69) is 4.98 Å². The third-order valence-corrected chi connectivity index (χ3v) is 5.84. The van der Waals surface area contributed by atoms with Crippen LogP contribution >= 0.6 is 23.2 Å². The van der Waals surface area contributed by atoms with Crippen LogP contribution in [0.1, 0.15) is 34.9 Å². The van der Waals surface area contributed by atoms with Gasteiger partial charge in [0.15, 0.2) is 6.10 Å². The highest BCUT2D eigenvalue weighted by Crippen LogP contribution is 2.43. The third-order valence-electron chi connectivity index (χ3n) is 5.33. The molecule has 0 radical (unpaired) electrons. The van der Waals surface area contributed by atoms with E-state index in [0.717, 1.165) is 11.1 Å². The van der Waals surface area contributed by atoms with E-state index < -0.39 is 24.4 Å². The van der Waals surface area contributed by atoms with Crippen molar-refractivity contribution in [3.63, 3.8) is 0 Å². The number of nitrogens with zero attached hydrogens (tertiary/aromatic N) is 2. The predicted molar refractivity (Wildman–Crippen MR) is 115 cm³/mol.